The molecule has 0 fully saturated rings. The summed E-state index contributed by atoms with van der Waals surface area (Å²) in [6.07, 6.45) is 1.13. The fourth-order valence-corrected chi connectivity index (χ4v) is 3.84. The van der Waals surface area contributed by atoms with Gasteiger partial charge in [-0.1, -0.05) is 18.7 Å². The van der Waals surface area contributed by atoms with Gasteiger partial charge >= 0.3 is 0 Å². The Morgan fingerprint density at radius 1 is 1.11 bits per heavy atom. The Morgan fingerprint density at radius 2 is 1.75 bits per heavy atom. The zero-order chi connectivity index (χ0) is 20.5. The zero-order valence-corrected chi connectivity index (χ0v) is 17.7. The van der Waals surface area contributed by atoms with E-state index in [2.05, 4.69) is 20.9 Å². The summed E-state index contributed by atoms with van der Waals surface area (Å²) >= 11 is 2.76. The SMILES string of the molecule is CC[C@H](C)NC(=O)Cc1csc(SCC(=O)Nc2ccc(NC(C)=O)cc2)n1. The van der Waals surface area contributed by atoms with Gasteiger partial charge in [0.25, 0.3) is 0 Å². The van der Waals surface area contributed by atoms with Gasteiger partial charge < -0.3 is 16.0 Å². The van der Waals surface area contributed by atoms with E-state index in [4.69, 9.17) is 0 Å². The Morgan fingerprint density at radius 3 is 2.36 bits per heavy atom. The van der Waals surface area contributed by atoms with Crippen molar-refractivity contribution in [1.82, 2.24) is 10.3 Å². The Balaban J connectivity index is 1.77. The molecule has 3 N–H and O–H groups in total. The molecule has 0 aliphatic carbocycles. The number of nitrogens with zero attached hydrogens (tertiary/aromatic N) is 1. The molecule has 3 amide bonds. The van der Waals surface area contributed by atoms with Crippen LogP contribution in [-0.2, 0) is 20.8 Å². The molecule has 1 atom stereocenters. The van der Waals surface area contributed by atoms with Crippen LogP contribution >= 0.6 is 23.1 Å². The molecule has 1 aromatic heterocycles. The zero-order valence-electron chi connectivity index (χ0n) is 16.1. The van der Waals surface area contributed by atoms with Crippen LogP contribution < -0.4 is 16.0 Å². The van der Waals surface area contributed by atoms with Crippen LogP contribution in [0.5, 0.6) is 0 Å². The maximum atomic E-state index is 12.1. The summed E-state index contributed by atoms with van der Waals surface area (Å²) < 4.78 is 0.752. The molecule has 9 heteroatoms. The number of anilines is 2. The molecule has 0 spiro atoms. The summed E-state index contributed by atoms with van der Waals surface area (Å²) in [5.74, 6) is -0.118. The van der Waals surface area contributed by atoms with E-state index in [-0.39, 0.29) is 35.9 Å². The monoisotopic (exact) mass is 420 g/mol. The van der Waals surface area contributed by atoms with Crippen molar-refractivity contribution < 1.29 is 14.4 Å². The number of rotatable bonds is 9. The number of thiazole rings is 1. The van der Waals surface area contributed by atoms with Crippen LogP contribution in [0, 0.1) is 0 Å². The standard InChI is InChI=1S/C19H24N4O3S2/c1-4-12(2)20-17(25)9-16-10-27-19(23-16)28-11-18(26)22-15-7-5-14(6-8-15)21-13(3)24/h5-8,10,12H,4,9,11H2,1-3H3,(H,20,25)(H,21,24)(H,22,26)/t12-/m0/s1. The molecule has 2 aromatic rings. The number of benzene rings is 1. The number of carbonyl (C=O) groups is 3. The Labute approximate surface area is 172 Å². The number of aromatic nitrogens is 1. The topological polar surface area (TPSA) is 100 Å². The van der Waals surface area contributed by atoms with E-state index in [9.17, 15) is 14.4 Å². The van der Waals surface area contributed by atoms with Gasteiger partial charge in [-0.05, 0) is 37.6 Å². The molecule has 0 bridgehead atoms. The second-order valence-electron chi connectivity index (χ2n) is 6.25. The van der Waals surface area contributed by atoms with Crippen LogP contribution in [0.4, 0.5) is 11.4 Å². The molecule has 150 valence electrons. The molecule has 1 aromatic carbocycles. The van der Waals surface area contributed by atoms with Crippen molar-refractivity contribution in [3.05, 3.63) is 35.3 Å². The molecule has 28 heavy (non-hydrogen) atoms. The molecule has 0 radical (unpaired) electrons. The lowest BCUT2D eigenvalue weighted by Crippen LogP contribution is -2.33. The number of thioether (sulfide) groups is 1. The second kappa shape index (κ2) is 10.8. The number of nitrogens with one attached hydrogen (secondary N) is 3. The average molecular weight is 421 g/mol. The Hall–Kier alpha value is -2.39. The number of amides is 3. The lowest BCUT2D eigenvalue weighted by Gasteiger charge is -2.10. The lowest BCUT2D eigenvalue weighted by atomic mass is 10.2. The van der Waals surface area contributed by atoms with Crippen molar-refractivity contribution in [2.24, 2.45) is 0 Å². The van der Waals surface area contributed by atoms with Crippen LogP contribution in [0.3, 0.4) is 0 Å². The van der Waals surface area contributed by atoms with Crippen molar-refractivity contribution in [2.45, 2.75) is 44.0 Å². The first-order chi connectivity index (χ1) is 13.4. The van der Waals surface area contributed by atoms with E-state index >= 15 is 0 Å². The number of hydrogen-bond acceptors (Lipinski definition) is 6. The molecule has 0 aliphatic heterocycles. The van der Waals surface area contributed by atoms with Crippen molar-refractivity contribution in [2.75, 3.05) is 16.4 Å². The van der Waals surface area contributed by atoms with Gasteiger partial charge in [0.2, 0.25) is 17.7 Å². The second-order valence-corrected chi connectivity index (χ2v) is 8.33. The van der Waals surface area contributed by atoms with Gasteiger partial charge in [0.1, 0.15) is 0 Å². The van der Waals surface area contributed by atoms with E-state index in [1.807, 2.05) is 19.2 Å². The molecular weight excluding hydrogens is 396 g/mol. The third kappa shape index (κ3) is 7.69. The van der Waals surface area contributed by atoms with Gasteiger partial charge in [0.15, 0.2) is 4.34 Å². The molecule has 7 nitrogen and oxygen atoms in total. The summed E-state index contributed by atoms with van der Waals surface area (Å²) in [6.45, 7) is 5.42. The summed E-state index contributed by atoms with van der Waals surface area (Å²) in [6, 6.07) is 7.05. The maximum Gasteiger partial charge on any atom is 0.234 e. The van der Waals surface area contributed by atoms with Crippen LogP contribution in [0.1, 0.15) is 32.9 Å². The Bertz CT molecular complexity index is 821. The first-order valence-electron chi connectivity index (χ1n) is 8.89. The third-order valence-corrected chi connectivity index (χ3v) is 5.78. The molecule has 2 rings (SSSR count). The van der Waals surface area contributed by atoms with E-state index < -0.39 is 0 Å². The van der Waals surface area contributed by atoms with E-state index in [0.717, 1.165) is 10.8 Å². The number of carbonyl (C=O) groups excluding carboxylic acids is 3. The molecule has 0 saturated heterocycles. The molecule has 0 unspecified atom stereocenters. The van der Waals surface area contributed by atoms with Gasteiger partial charge in [-0.2, -0.15) is 0 Å². The predicted octanol–water partition coefficient (Wildman–Crippen LogP) is 3.29. The highest BCUT2D eigenvalue weighted by atomic mass is 32.2. The normalized spacial score (nSPS) is 11.5. The van der Waals surface area contributed by atoms with E-state index in [0.29, 0.717) is 17.1 Å². The van der Waals surface area contributed by atoms with Crippen molar-refractivity contribution in [1.29, 1.82) is 0 Å². The lowest BCUT2D eigenvalue weighted by molar-refractivity contribution is -0.121. The molecule has 0 aliphatic rings. The highest BCUT2D eigenvalue weighted by Gasteiger charge is 2.11. The van der Waals surface area contributed by atoms with Gasteiger partial charge in [0.05, 0.1) is 17.9 Å². The van der Waals surface area contributed by atoms with Crippen molar-refractivity contribution in [3.8, 4) is 0 Å². The van der Waals surface area contributed by atoms with Crippen molar-refractivity contribution in [3.63, 3.8) is 0 Å². The van der Waals surface area contributed by atoms with Crippen LogP contribution in [0.25, 0.3) is 0 Å². The van der Waals surface area contributed by atoms with Gasteiger partial charge in [-0.25, -0.2) is 4.98 Å². The first-order valence-corrected chi connectivity index (χ1v) is 10.8. The predicted molar refractivity (Wildman–Crippen MR) is 114 cm³/mol. The highest BCUT2D eigenvalue weighted by molar-refractivity contribution is 8.01. The van der Waals surface area contributed by atoms with Crippen molar-refractivity contribution >= 4 is 52.2 Å². The largest absolute Gasteiger partial charge is 0.353 e. The number of hydrogen-bond donors (Lipinski definition) is 3. The van der Waals surface area contributed by atoms with E-state index in [1.54, 1.807) is 24.3 Å². The summed E-state index contributed by atoms with van der Waals surface area (Å²) in [7, 11) is 0. The summed E-state index contributed by atoms with van der Waals surface area (Å²) in [5, 5.41) is 10.2. The minimum absolute atomic E-state index is 0.0448. The minimum atomic E-state index is -0.149. The average Bonchev–Trinajstić information content (AvgIpc) is 3.08. The van der Waals surface area contributed by atoms with Gasteiger partial charge in [-0.3, -0.25) is 14.4 Å². The first kappa shape index (κ1) is 21.9. The summed E-state index contributed by atoms with van der Waals surface area (Å²) in [4.78, 5) is 39.4. The van der Waals surface area contributed by atoms with Crippen LogP contribution in [-0.4, -0.2) is 34.5 Å². The molecule has 1 heterocycles. The third-order valence-electron chi connectivity index (χ3n) is 3.71. The van der Waals surface area contributed by atoms with E-state index in [1.165, 1.54) is 30.0 Å². The fourth-order valence-electron chi connectivity index (χ4n) is 2.19. The molecular formula is C19H24N4O3S2. The summed E-state index contributed by atoms with van der Waals surface area (Å²) in [5.41, 5.74) is 2.04. The fraction of sp³-hybridized carbons (Fsp3) is 0.368. The maximum absolute atomic E-state index is 12.1. The van der Waals surface area contributed by atoms with Gasteiger partial charge in [0, 0.05) is 29.7 Å². The van der Waals surface area contributed by atoms with Crippen LogP contribution in [0.15, 0.2) is 34.0 Å². The van der Waals surface area contributed by atoms with Gasteiger partial charge in [-0.15, -0.1) is 11.3 Å². The molecule has 0 saturated carbocycles. The smallest absolute Gasteiger partial charge is 0.234 e. The Kier molecular flexibility index (Phi) is 8.46. The van der Waals surface area contributed by atoms with Crippen LogP contribution in [0.2, 0.25) is 0 Å². The minimum Gasteiger partial charge on any atom is -0.353 e. The highest BCUT2D eigenvalue weighted by Crippen LogP contribution is 2.23. The quantitative estimate of drug-likeness (QED) is 0.541.